The number of hydrogen-bond donors (Lipinski definition) is 3. The Kier molecular flexibility index (Phi) is 2.84. The topological polar surface area (TPSA) is 104 Å². The van der Waals surface area contributed by atoms with Gasteiger partial charge in [-0.15, -0.1) is 0 Å². The van der Waals surface area contributed by atoms with Crippen molar-refractivity contribution in [2.24, 2.45) is 0 Å². The molecule has 0 aliphatic heterocycles. The summed E-state index contributed by atoms with van der Waals surface area (Å²) in [7, 11) is 1.37. The summed E-state index contributed by atoms with van der Waals surface area (Å²) in [6, 6.07) is 3.70. The molecular weight excluding hydrogens is 288 g/mol. The minimum absolute atomic E-state index is 0.0306. The number of ketones is 2. The van der Waals surface area contributed by atoms with Crippen LogP contribution in [0, 0.1) is 6.92 Å². The maximum absolute atomic E-state index is 12.6. The molecule has 3 N–H and O–H groups in total. The molecule has 6 nitrogen and oxygen atoms in total. The first kappa shape index (κ1) is 13.9. The summed E-state index contributed by atoms with van der Waals surface area (Å²) in [6.07, 6.45) is 0. The van der Waals surface area contributed by atoms with E-state index in [1.165, 1.54) is 26.2 Å². The summed E-state index contributed by atoms with van der Waals surface area (Å²) >= 11 is 0. The molecule has 0 atom stereocenters. The average molecular weight is 300 g/mol. The van der Waals surface area contributed by atoms with Gasteiger partial charge in [-0.05, 0) is 19.1 Å². The Balaban J connectivity index is 2.38. The Bertz CT molecular complexity index is 850. The van der Waals surface area contributed by atoms with Crippen molar-refractivity contribution in [3.63, 3.8) is 0 Å². The lowest BCUT2D eigenvalue weighted by Crippen LogP contribution is -2.21. The van der Waals surface area contributed by atoms with Gasteiger partial charge in [-0.3, -0.25) is 9.59 Å². The highest BCUT2D eigenvalue weighted by Gasteiger charge is 2.36. The fourth-order valence-electron chi connectivity index (χ4n) is 2.57. The Morgan fingerprint density at radius 3 is 2.14 bits per heavy atom. The van der Waals surface area contributed by atoms with E-state index in [4.69, 9.17) is 4.74 Å². The molecule has 0 unspecified atom stereocenters. The number of fused-ring (bicyclic) bond motifs is 2. The van der Waals surface area contributed by atoms with E-state index < -0.39 is 23.1 Å². The van der Waals surface area contributed by atoms with Gasteiger partial charge >= 0.3 is 0 Å². The molecule has 2 aromatic carbocycles. The number of benzene rings is 2. The highest BCUT2D eigenvalue weighted by atomic mass is 16.5. The largest absolute Gasteiger partial charge is 0.508 e. The number of ether oxygens (including phenoxy) is 1. The molecule has 112 valence electrons. The van der Waals surface area contributed by atoms with Crippen molar-refractivity contribution in [3.05, 3.63) is 46.0 Å². The molecule has 2 aromatic rings. The number of phenols is 3. The fourth-order valence-corrected chi connectivity index (χ4v) is 2.57. The second-order valence-electron chi connectivity index (χ2n) is 5.02. The lowest BCUT2D eigenvalue weighted by molar-refractivity contribution is 0.0973. The van der Waals surface area contributed by atoms with Gasteiger partial charge in [0.05, 0.1) is 18.2 Å². The standard InChI is InChI=1S/C16H12O6/c1-6-10(17)5-9-13(14(6)19)16(21)12-8(15(9)20)3-7(22-2)4-11(12)18/h3-5,17-19H,1-2H3. The van der Waals surface area contributed by atoms with Gasteiger partial charge in [0, 0.05) is 22.8 Å². The minimum atomic E-state index is -0.676. The summed E-state index contributed by atoms with van der Waals surface area (Å²) in [5.41, 5.74) is -0.439. The average Bonchev–Trinajstić information content (AvgIpc) is 2.49. The zero-order valence-electron chi connectivity index (χ0n) is 11.8. The number of carbonyl (C=O) groups excluding carboxylic acids is 2. The third-order valence-electron chi connectivity index (χ3n) is 3.80. The summed E-state index contributed by atoms with van der Waals surface area (Å²) in [5, 5.41) is 29.9. The predicted octanol–water partition coefficient (Wildman–Crippen LogP) is 1.90. The van der Waals surface area contributed by atoms with E-state index in [0.29, 0.717) is 0 Å². The fraction of sp³-hybridized carbons (Fsp3) is 0.125. The van der Waals surface area contributed by atoms with Gasteiger partial charge in [-0.2, -0.15) is 0 Å². The highest BCUT2D eigenvalue weighted by molar-refractivity contribution is 6.30. The first-order valence-corrected chi connectivity index (χ1v) is 6.42. The predicted molar refractivity (Wildman–Crippen MR) is 76.0 cm³/mol. The molecule has 0 radical (unpaired) electrons. The van der Waals surface area contributed by atoms with Crippen LogP contribution in [0.1, 0.15) is 37.4 Å². The van der Waals surface area contributed by atoms with Gasteiger partial charge in [-0.1, -0.05) is 0 Å². The SMILES string of the molecule is COc1cc(O)c2c(c1)C(=O)c1cc(O)c(C)c(O)c1C2=O. The molecule has 3 rings (SSSR count). The van der Waals surface area contributed by atoms with Gasteiger partial charge in [-0.25, -0.2) is 0 Å². The number of carbonyl (C=O) groups is 2. The summed E-state index contributed by atoms with van der Waals surface area (Å²) in [5.74, 6) is -2.18. The maximum Gasteiger partial charge on any atom is 0.201 e. The zero-order valence-corrected chi connectivity index (χ0v) is 11.8. The number of hydrogen-bond acceptors (Lipinski definition) is 6. The van der Waals surface area contributed by atoms with Gasteiger partial charge in [0.25, 0.3) is 0 Å². The number of phenolic OH excluding ortho intramolecular Hbond substituents is 3. The molecule has 1 aliphatic rings. The van der Waals surface area contributed by atoms with E-state index in [2.05, 4.69) is 0 Å². The van der Waals surface area contributed by atoms with E-state index in [1.807, 2.05) is 0 Å². The highest BCUT2D eigenvalue weighted by Crippen LogP contribution is 2.42. The Morgan fingerprint density at radius 2 is 1.50 bits per heavy atom. The summed E-state index contributed by atoms with van der Waals surface area (Å²) in [4.78, 5) is 25.1. The van der Waals surface area contributed by atoms with Crippen molar-refractivity contribution >= 4 is 11.6 Å². The lowest BCUT2D eigenvalue weighted by atomic mass is 9.82. The number of methoxy groups -OCH3 is 1. The molecule has 0 saturated carbocycles. The normalized spacial score (nSPS) is 12.8. The van der Waals surface area contributed by atoms with Gasteiger partial charge < -0.3 is 20.1 Å². The van der Waals surface area contributed by atoms with Crippen molar-refractivity contribution in [1.82, 2.24) is 0 Å². The molecule has 6 heteroatoms. The molecule has 0 heterocycles. The smallest absolute Gasteiger partial charge is 0.201 e. The van der Waals surface area contributed by atoms with Crippen LogP contribution in [0.5, 0.6) is 23.0 Å². The van der Waals surface area contributed by atoms with Crippen LogP contribution in [0.4, 0.5) is 0 Å². The second kappa shape index (κ2) is 4.49. The van der Waals surface area contributed by atoms with Crippen LogP contribution >= 0.6 is 0 Å². The molecule has 0 fully saturated rings. The Hall–Kier alpha value is -3.02. The maximum atomic E-state index is 12.6. The first-order chi connectivity index (χ1) is 10.4. The van der Waals surface area contributed by atoms with Crippen LogP contribution in [0.25, 0.3) is 0 Å². The molecule has 1 aliphatic carbocycles. The van der Waals surface area contributed by atoms with E-state index in [0.717, 1.165) is 6.07 Å². The summed E-state index contributed by atoms with van der Waals surface area (Å²) < 4.78 is 4.98. The van der Waals surface area contributed by atoms with Crippen LogP contribution < -0.4 is 4.74 Å². The van der Waals surface area contributed by atoms with Crippen molar-refractivity contribution in [3.8, 4) is 23.0 Å². The molecule has 0 bridgehead atoms. The quantitative estimate of drug-likeness (QED) is 0.634. The van der Waals surface area contributed by atoms with Crippen molar-refractivity contribution in [1.29, 1.82) is 0 Å². The van der Waals surface area contributed by atoms with E-state index in [9.17, 15) is 24.9 Å². The van der Waals surface area contributed by atoms with Crippen LogP contribution in [0.3, 0.4) is 0 Å². The van der Waals surface area contributed by atoms with Crippen molar-refractivity contribution in [2.75, 3.05) is 7.11 Å². The number of aromatic hydroxyl groups is 3. The second-order valence-corrected chi connectivity index (χ2v) is 5.02. The van der Waals surface area contributed by atoms with Crippen LogP contribution in [0.2, 0.25) is 0 Å². The lowest BCUT2D eigenvalue weighted by Gasteiger charge is -2.21. The third-order valence-corrected chi connectivity index (χ3v) is 3.80. The molecule has 0 aromatic heterocycles. The molecule has 0 spiro atoms. The van der Waals surface area contributed by atoms with Gasteiger partial charge in [0.2, 0.25) is 5.78 Å². The third kappa shape index (κ3) is 1.67. The molecule has 22 heavy (non-hydrogen) atoms. The molecular formula is C16H12O6. The summed E-state index contributed by atoms with van der Waals surface area (Å²) in [6.45, 7) is 1.42. The van der Waals surface area contributed by atoms with Crippen molar-refractivity contribution < 1.29 is 29.6 Å². The Morgan fingerprint density at radius 1 is 0.864 bits per heavy atom. The zero-order chi connectivity index (χ0) is 16.2. The van der Waals surface area contributed by atoms with E-state index >= 15 is 0 Å². The first-order valence-electron chi connectivity index (χ1n) is 6.42. The monoisotopic (exact) mass is 300 g/mol. The Labute approximate surface area is 125 Å². The molecule has 0 amide bonds. The minimum Gasteiger partial charge on any atom is -0.508 e. The van der Waals surface area contributed by atoms with Crippen molar-refractivity contribution in [2.45, 2.75) is 6.92 Å². The van der Waals surface area contributed by atoms with Gasteiger partial charge in [0.1, 0.15) is 23.0 Å². The van der Waals surface area contributed by atoms with Crippen LogP contribution in [-0.4, -0.2) is 34.0 Å². The van der Waals surface area contributed by atoms with Gasteiger partial charge in [0.15, 0.2) is 5.78 Å². The van der Waals surface area contributed by atoms with E-state index in [-0.39, 0.29) is 39.3 Å². The van der Waals surface area contributed by atoms with Crippen LogP contribution in [-0.2, 0) is 0 Å². The number of rotatable bonds is 1. The van der Waals surface area contributed by atoms with E-state index in [1.54, 1.807) is 0 Å². The van der Waals surface area contributed by atoms with Crippen LogP contribution in [0.15, 0.2) is 18.2 Å². The molecule has 0 saturated heterocycles.